The van der Waals surface area contributed by atoms with E-state index in [0.29, 0.717) is 0 Å². The summed E-state index contributed by atoms with van der Waals surface area (Å²) >= 11 is 0. The molecule has 0 aliphatic carbocycles. The Labute approximate surface area is 65.5 Å². The standard InChI is InChI=1S/C5H12O.C4H10/c1-3-5(6)4-2;1-3-4-2/h5-6H,3-4H2,1-2H3;3-4H2,1-2H3. The second-order valence-electron chi connectivity index (χ2n) is 2.47. The average Bonchev–Trinajstić information content (AvgIpc) is 2.03. The predicted molar refractivity (Wildman–Crippen MR) is 47.2 cm³/mol. The molecule has 10 heavy (non-hydrogen) atoms. The summed E-state index contributed by atoms with van der Waals surface area (Å²) in [6.07, 6.45) is 4.34. The molecule has 0 spiro atoms. The van der Waals surface area contributed by atoms with Crippen LogP contribution in [0, 0.1) is 0 Å². The molecule has 0 atom stereocenters. The van der Waals surface area contributed by atoms with Crippen LogP contribution in [0.2, 0.25) is 0 Å². The smallest absolute Gasteiger partial charge is 0.0535 e. The lowest BCUT2D eigenvalue weighted by molar-refractivity contribution is 0.166. The van der Waals surface area contributed by atoms with E-state index in [9.17, 15) is 0 Å². The average molecular weight is 146 g/mol. The second-order valence-corrected chi connectivity index (χ2v) is 2.47. The Bertz CT molecular complexity index is 38.0. The summed E-state index contributed by atoms with van der Waals surface area (Å²) in [5, 5.41) is 8.67. The minimum absolute atomic E-state index is 0.0648. The van der Waals surface area contributed by atoms with Crippen molar-refractivity contribution in [3.8, 4) is 0 Å². The molecule has 0 aromatic heterocycles. The van der Waals surface area contributed by atoms with E-state index in [4.69, 9.17) is 5.11 Å². The zero-order chi connectivity index (χ0) is 8.41. The van der Waals surface area contributed by atoms with Crippen LogP contribution in [0.3, 0.4) is 0 Å². The Hall–Kier alpha value is -0.0400. The Kier molecular flexibility index (Phi) is 14.8. The van der Waals surface area contributed by atoms with Crippen LogP contribution in [0.25, 0.3) is 0 Å². The van der Waals surface area contributed by atoms with E-state index in [1.54, 1.807) is 0 Å². The maximum absolute atomic E-state index is 8.67. The van der Waals surface area contributed by atoms with Crippen molar-refractivity contribution in [3.05, 3.63) is 0 Å². The first-order chi connectivity index (χ1) is 4.72. The molecule has 0 heterocycles. The topological polar surface area (TPSA) is 20.2 Å². The molecule has 1 nitrogen and oxygen atoms in total. The third-order valence-corrected chi connectivity index (χ3v) is 1.44. The van der Waals surface area contributed by atoms with Crippen LogP contribution in [-0.4, -0.2) is 11.2 Å². The molecular formula is C9H22O. The van der Waals surface area contributed by atoms with Crippen LogP contribution in [0.15, 0.2) is 0 Å². The van der Waals surface area contributed by atoms with Gasteiger partial charge in [0.05, 0.1) is 6.10 Å². The Morgan fingerprint density at radius 3 is 1.20 bits per heavy atom. The Morgan fingerprint density at radius 1 is 0.900 bits per heavy atom. The molecule has 0 bridgehead atoms. The summed E-state index contributed by atoms with van der Waals surface area (Å²) in [6.45, 7) is 8.32. The van der Waals surface area contributed by atoms with E-state index >= 15 is 0 Å². The molecular weight excluding hydrogens is 124 g/mol. The molecule has 64 valence electrons. The summed E-state index contributed by atoms with van der Waals surface area (Å²) in [4.78, 5) is 0. The van der Waals surface area contributed by atoms with Gasteiger partial charge in [0.1, 0.15) is 0 Å². The van der Waals surface area contributed by atoms with E-state index in [1.165, 1.54) is 12.8 Å². The Morgan fingerprint density at radius 2 is 1.20 bits per heavy atom. The van der Waals surface area contributed by atoms with Crippen LogP contribution < -0.4 is 0 Å². The van der Waals surface area contributed by atoms with Crippen LogP contribution in [0.4, 0.5) is 0 Å². The highest BCUT2D eigenvalue weighted by molar-refractivity contribution is 4.43. The van der Waals surface area contributed by atoms with Gasteiger partial charge in [-0.1, -0.05) is 40.5 Å². The molecule has 0 unspecified atom stereocenters. The van der Waals surface area contributed by atoms with E-state index < -0.39 is 0 Å². The van der Waals surface area contributed by atoms with Gasteiger partial charge in [0.25, 0.3) is 0 Å². The van der Waals surface area contributed by atoms with Crippen LogP contribution in [0.1, 0.15) is 53.4 Å². The minimum atomic E-state index is -0.0648. The monoisotopic (exact) mass is 146 g/mol. The normalized spacial score (nSPS) is 9.00. The van der Waals surface area contributed by atoms with Gasteiger partial charge in [0, 0.05) is 0 Å². The number of hydrogen-bond acceptors (Lipinski definition) is 1. The van der Waals surface area contributed by atoms with E-state index in [-0.39, 0.29) is 6.10 Å². The molecule has 0 aromatic rings. The quantitative estimate of drug-likeness (QED) is 0.649. The molecule has 0 amide bonds. The number of hydrogen-bond donors (Lipinski definition) is 1. The second kappa shape index (κ2) is 11.7. The fourth-order valence-electron chi connectivity index (χ4n) is 0.289. The molecule has 0 saturated carbocycles. The van der Waals surface area contributed by atoms with Gasteiger partial charge in [0.15, 0.2) is 0 Å². The van der Waals surface area contributed by atoms with Gasteiger partial charge in [-0.05, 0) is 12.8 Å². The van der Waals surface area contributed by atoms with Gasteiger partial charge in [-0.3, -0.25) is 0 Å². The predicted octanol–water partition coefficient (Wildman–Crippen LogP) is 2.97. The maximum atomic E-state index is 8.67. The Balaban J connectivity index is 0. The summed E-state index contributed by atoms with van der Waals surface area (Å²) in [6, 6.07) is 0. The van der Waals surface area contributed by atoms with Crippen molar-refractivity contribution in [2.24, 2.45) is 0 Å². The van der Waals surface area contributed by atoms with Crippen molar-refractivity contribution in [2.75, 3.05) is 0 Å². The molecule has 0 aliphatic rings. The number of rotatable bonds is 3. The molecule has 0 fully saturated rings. The lowest BCUT2D eigenvalue weighted by Crippen LogP contribution is -1.99. The van der Waals surface area contributed by atoms with E-state index in [2.05, 4.69) is 13.8 Å². The highest BCUT2D eigenvalue weighted by Crippen LogP contribution is 1.91. The van der Waals surface area contributed by atoms with Crippen LogP contribution in [-0.2, 0) is 0 Å². The SMILES string of the molecule is CCC(O)CC.CCCC. The summed E-state index contributed by atoms with van der Waals surface area (Å²) in [7, 11) is 0. The first kappa shape index (κ1) is 12.6. The van der Waals surface area contributed by atoms with Crippen molar-refractivity contribution in [1.82, 2.24) is 0 Å². The lowest BCUT2D eigenvalue weighted by atomic mass is 10.2. The zero-order valence-corrected chi connectivity index (χ0v) is 7.85. The summed E-state index contributed by atoms with van der Waals surface area (Å²) in [5.74, 6) is 0. The summed E-state index contributed by atoms with van der Waals surface area (Å²) in [5.41, 5.74) is 0. The van der Waals surface area contributed by atoms with Crippen molar-refractivity contribution < 1.29 is 5.11 Å². The molecule has 0 radical (unpaired) electrons. The van der Waals surface area contributed by atoms with Gasteiger partial charge in [-0.15, -0.1) is 0 Å². The highest BCUT2D eigenvalue weighted by atomic mass is 16.3. The van der Waals surface area contributed by atoms with Gasteiger partial charge >= 0.3 is 0 Å². The van der Waals surface area contributed by atoms with Crippen LogP contribution >= 0.6 is 0 Å². The van der Waals surface area contributed by atoms with Gasteiger partial charge in [-0.2, -0.15) is 0 Å². The van der Waals surface area contributed by atoms with Gasteiger partial charge < -0.3 is 5.11 Å². The molecule has 0 aromatic carbocycles. The summed E-state index contributed by atoms with van der Waals surface area (Å²) < 4.78 is 0. The number of unbranched alkanes of at least 4 members (excludes halogenated alkanes) is 1. The first-order valence-corrected chi connectivity index (χ1v) is 4.40. The van der Waals surface area contributed by atoms with Crippen LogP contribution in [0.5, 0.6) is 0 Å². The van der Waals surface area contributed by atoms with E-state index in [0.717, 1.165) is 12.8 Å². The molecule has 0 aliphatic heterocycles. The maximum Gasteiger partial charge on any atom is 0.0535 e. The van der Waals surface area contributed by atoms with Crippen molar-refractivity contribution in [1.29, 1.82) is 0 Å². The zero-order valence-electron chi connectivity index (χ0n) is 7.85. The molecule has 0 saturated heterocycles. The van der Waals surface area contributed by atoms with Gasteiger partial charge in [-0.25, -0.2) is 0 Å². The minimum Gasteiger partial charge on any atom is -0.393 e. The number of aliphatic hydroxyl groups is 1. The number of aliphatic hydroxyl groups excluding tert-OH is 1. The van der Waals surface area contributed by atoms with Crippen molar-refractivity contribution in [2.45, 2.75) is 59.5 Å². The van der Waals surface area contributed by atoms with Crippen molar-refractivity contribution >= 4 is 0 Å². The largest absolute Gasteiger partial charge is 0.393 e. The third-order valence-electron chi connectivity index (χ3n) is 1.44. The molecule has 1 N–H and O–H groups in total. The van der Waals surface area contributed by atoms with Gasteiger partial charge in [0.2, 0.25) is 0 Å². The molecule has 1 heteroatoms. The fourth-order valence-corrected chi connectivity index (χ4v) is 0.289. The van der Waals surface area contributed by atoms with E-state index in [1.807, 2.05) is 13.8 Å². The van der Waals surface area contributed by atoms with Crippen molar-refractivity contribution in [3.63, 3.8) is 0 Å². The first-order valence-electron chi connectivity index (χ1n) is 4.40. The fraction of sp³-hybridized carbons (Fsp3) is 1.00. The molecule has 0 rings (SSSR count). The third kappa shape index (κ3) is 15.7. The highest BCUT2D eigenvalue weighted by Gasteiger charge is 1.90. The lowest BCUT2D eigenvalue weighted by Gasteiger charge is -1.98.